The van der Waals surface area contributed by atoms with Crippen LogP contribution in [0.5, 0.6) is 0 Å². The van der Waals surface area contributed by atoms with Gasteiger partial charge in [0.25, 0.3) is 10.0 Å². The van der Waals surface area contributed by atoms with E-state index >= 15 is 0 Å². The maximum atomic E-state index is 5.25. The van der Waals surface area contributed by atoms with Gasteiger partial charge in [0.2, 0.25) is 0 Å². The zero-order valence-electron chi connectivity index (χ0n) is 7.25. The van der Waals surface area contributed by atoms with Gasteiger partial charge in [-0.1, -0.05) is 0 Å². The number of hydrogen-bond acceptors (Lipinski definition) is 5. The van der Waals surface area contributed by atoms with Gasteiger partial charge in [-0.15, -0.1) is 0 Å². The molecule has 0 atom stereocenters. The molecule has 0 radical (unpaired) electrons. The Labute approximate surface area is 73.0 Å². The van der Waals surface area contributed by atoms with Gasteiger partial charge >= 0.3 is 9.05 Å². The van der Waals surface area contributed by atoms with Crippen LogP contribution >= 0.6 is 0 Å². The zero-order chi connectivity index (χ0) is 8.74. The summed E-state index contributed by atoms with van der Waals surface area (Å²) < 4.78 is 25.1. The average Bonchev–Trinajstić information content (AvgIpc) is 2.08. The first kappa shape index (κ1) is 11.5. The van der Waals surface area contributed by atoms with Gasteiger partial charge in [-0.2, -0.15) is 0 Å². The van der Waals surface area contributed by atoms with Crippen molar-refractivity contribution in [2.75, 3.05) is 21.3 Å². The molecular weight excluding hydrogens is 200 g/mol. The minimum atomic E-state index is -2.78. The van der Waals surface area contributed by atoms with Crippen LogP contribution in [0.4, 0.5) is 0 Å². The molecule has 11 heavy (non-hydrogen) atoms. The molecule has 68 valence electrons. The SMILES string of the molecule is CO[Si](OC)(OC)O[SiH2]O[SiH3]. The topological polar surface area (TPSA) is 46.2 Å². The highest BCUT2D eigenvalue weighted by Crippen LogP contribution is 2.05. The van der Waals surface area contributed by atoms with Crippen LogP contribution in [-0.2, 0) is 21.5 Å². The third-order valence-electron chi connectivity index (χ3n) is 1.10. The van der Waals surface area contributed by atoms with Gasteiger partial charge in [-0.05, 0) is 0 Å². The molecule has 0 N–H and O–H groups in total. The first-order valence-electron chi connectivity index (χ1n) is 3.03. The molecule has 0 saturated carbocycles. The van der Waals surface area contributed by atoms with Crippen LogP contribution in [0.2, 0.25) is 0 Å². The molecule has 0 spiro atoms. The van der Waals surface area contributed by atoms with E-state index in [0.717, 1.165) is 0 Å². The summed E-state index contributed by atoms with van der Waals surface area (Å²) in [6.07, 6.45) is 0. The van der Waals surface area contributed by atoms with Gasteiger partial charge in [-0.25, -0.2) is 0 Å². The van der Waals surface area contributed by atoms with E-state index in [1.807, 2.05) is 0 Å². The Hall–Kier alpha value is 0.451. The van der Waals surface area contributed by atoms with E-state index in [9.17, 15) is 0 Å². The van der Waals surface area contributed by atoms with Crippen LogP contribution in [0.1, 0.15) is 0 Å². The van der Waals surface area contributed by atoms with Crippen molar-refractivity contribution in [3.05, 3.63) is 0 Å². The van der Waals surface area contributed by atoms with E-state index in [1.54, 1.807) is 0 Å². The fraction of sp³-hybridized carbons (Fsp3) is 1.00. The molecule has 0 saturated heterocycles. The highest BCUT2D eigenvalue weighted by molar-refractivity contribution is 6.59. The fourth-order valence-corrected chi connectivity index (χ4v) is 4.58. The maximum absolute atomic E-state index is 5.25. The fourth-order valence-electron chi connectivity index (χ4n) is 0.558. The highest BCUT2D eigenvalue weighted by Gasteiger charge is 2.41. The lowest BCUT2D eigenvalue weighted by atomic mass is 11.8. The normalized spacial score (nSPS) is 13.4. The smallest absolute Gasteiger partial charge is 0.449 e. The molecule has 0 fully saturated rings. The monoisotopic (exact) mass is 214 g/mol. The Morgan fingerprint density at radius 1 is 1.09 bits per heavy atom. The van der Waals surface area contributed by atoms with Crippen molar-refractivity contribution in [2.24, 2.45) is 0 Å². The van der Waals surface area contributed by atoms with Crippen LogP contribution in [0.15, 0.2) is 0 Å². The Morgan fingerprint density at radius 3 is 1.82 bits per heavy atom. The van der Waals surface area contributed by atoms with E-state index in [2.05, 4.69) is 0 Å². The van der Waals surface area contributed by atoms with Crippen molar-refractivity contribution in [2.45, 2.75) is 0 Å². The molecule has 0 aliphatic rings. The van der Waals surface area contributed by atoms with Gasteiger partial charge in [0, 0.05) is 21.3 Å². The lowest BCUT2D eigenvalue weighted by molar-refractivity contribution is 0.0482. The second-order valence-corrected chi connectivity index (χ2v) is 7.59. The molecule has 0 bridgehead atoms. The molecule has 0 heterocycles. The quantitative estimate of drug-likeness (QED) is 0.464. The molecule has 0 aromatic carbocycles. The van der Waals surface area contributed by atoms with Crippen molar-refractivity contribution in [1.82, 2.24) is 0 Å². The molecule has 0 amide bonds. The molecule has 0 unspecified atom stereocenters. The predicted octanol–water partition coefficient (Wildman–Crippen LogP) is -2.33. The largest absolute Gasteiger partial charge is 0.669 e. The average molecular weight is 214 g/mol. The summed E-state index contributed by atoms with van der Waals surface area (Å²) in [5, 5.41) is 0. The van der Waals surface area contributed by atoms with Crippen LogP contribution < -0.4 is 0 Å². The molecule has 0 aromatic rings. The molecular formula is C3H14O5Si3. The molecule has 0 rings (SSSR count). The zero-order valence-corrected chi connectivity index (χ0v) is 11.7. The van der Waals surface area contributed by atoms with Crippen molar-refractivity contribution >= 4 is 29.5 Å². The predicted molar refractivity (Wildman–Crippen MR) is 47.4 cm³/mol. The lowest BCUT2D eigenvalue weighted by Crippen LogP contribution is -2.47. The van der Waals surface area contributed by atoms with Crippen LogP contribution in [0.3, 0.4) is 0 Å². The summed E-state index contributed by atoms with van der Waals surface area (Å²) in [7, 11) is 1.44. The third kappa shape index (κ3) is 3.57. The Bertz CT molecular complexity index is 88.7. The van der Waals surface area contributed by atoms with E-state index in [4.69, 9.17) is 21.5 Å². The summed E-state index contributed by atoms with van der Waals surface area (Å²) in [5.74, 6) is 0. The van der Waals surface area contributed by atoms with Crippen molar-refractivity contribution in [1.29, 1.82) is 0 Å². The van der Waals surface area contributed by atoms with Gasteiger partial charge in [0.05, 0.1) is 0 Å². The van der Waals surface area contributed by atoms with Crippen molar-refractivity contribution in [3.8, 4) is 0 Å². The third-order valence-corrected chi connectivity index (χ3v) is 5.43. The molecule has 8 heteroatoms. The van der Waals surface area contributed by atoms with Gasteiger partial charge < -0.3 is 21.5 Å². The molecule has 0 aliphatic carbocycles. The van der Waals surface area contributed by atoms with E-state index in [-0.39, 0.29) is 0 Å². The van der Waals surface area contributed by atoms with Crippen LogP contribution in [-0.4, -0.2) is 50.9 Å². The molecule has 5 nitrogen and oxygen atoms in total. The molecule has 0 aliphatic heterocycles. The number of rotatable bonds is 6. The summed E-state index contributed by atoms with van der Waals surface area (Å²) in [6, 6.07) is 0. The van der Waals surface area contributed by atoms with Gasteiger partial charge in [0.15, 0.2) is 0 Å². The van der Waals surface area contributed by atoms with Crippen molar-refractivity contribution in [3.63, 3.8) is 0 Å². The van der Waals surface area contributed by atoms with E-state index in [0.29, 0.717) is 10.5 Å². The standard InChI is InChI=1S/C3H14O5Si3/c1-4-11(5-2,6-3)8-10-7-9/h10H2,1-3,9H3. The number of hydrogen-bond donors (Lipinski definition) is 0. The van der Waals surface area contributed by atoms with Crippen molar-refractivity contribution < 1.29 is 21.5 Å². The first-order chi connectivity index (χ1) is 5.24. The van der Waals surface area contributed by atoms with Crippen LogP contribution in [0, 0.1) is 0 Å². The summed E-state index contributed by atoms with van der Waals surface area (Å²) in [5.41, 5.74) is 0. The Morgan fingerprint density at radius 2 is 1.55 bits per heavy atom. The summed E-state index contributed by atoms with van der Waals surface area (Å²) in [6.45, 7) is 0. The first-order valence-corrected chi connectivity index (χ1v) is 6.63. The van der Waals surface area contributed by atoms with Gasteiger partial charge in [-0.3, -0.25) is 0 Å². The van der Waals surface area contributed by atoms with E-state index in [1.165, 1.54) is 21.3 Å². The summed E-state index contributed by atoms with van der Waals surface area (Å²) >= 11 is 0. The second-order valence-electron chi connectivity index (χ2n) is 1.66. The molecule has 0 aromatic heterocycles. The lowest BCUT2D eigenvalue weighted by Gasteiger charge is -2.22. The van der Waals surface area contributed by atoms with Gasteiger partial charge in [0.1, 0.15) is 10.5 Å². The summed E-state index contributed by atoms with van der Waals surface area (Å²) in [4.78, 5) is 0. The Balaban J connectivity index is 3.84. The minimum Gasteiger partial charge on any atom is -0.449 e. The maximum Gasteiger partial charge on any atom is 0.669 e. The van der Waals surface area contributed by atoms with Crippen LogP contribution in [0.25, 0.3) is 0 Å². The minimum absolute atomic E-state index is 0.682. The highest BCUT2D eigenvalue weighted by atomic mass is 28.4. The second kappa shape index (κ2) is 6.02. The Kier molecular flexibility index (Phi) is 6.27. The van der Waals surface area contributed by atoms with E-state index < -0.39 is 19.1 Å².